The van der Waals surface area contributed by atoms with E-state index >= 15 is 0 Å². The van der Waals surface area contributed by atoms with Gasteiger partial charge in [-0.2, -0.15) is 4.98 Å². The molecule has 32 heavy (non-hydrogen) atoms. The number of ether oxygens (including phenoxy) is 2. The molecular formula is C21H24N4O6S. The SMILES string of the molecule is CC[C@H](O)[C@@H]1C[C@@H]([C@@H](C)OC(=O)c2ccccc2)[C@H](n2c(=O)sc3c(=O)[nH]c(N)nc32)O1. The highest BCUT2D eigenvalue weighted by Crippen LogP contribution is 2.40. The summed E-state index contributed by atoms with van der Waals surface area (Å²) in [6.45, 7) is 3.54. The smallest absolute Gasteiger partial charge is 0.338 e. The molecule has 0 bridgehead atoms. The first-order chi connectivity index (χ1) is 15.3. The number of hydrogen-bond acceptors (Lipinski definition) is 9. The highest BCUT2D eigenvalue weighted by molar-refractivity contribution is 7.16. The summed E-state index contributed by atoms with van der Waals surface area (Å²) in [5.41, 5.74) is 5.68. The van der Waals surface area contributed by atoms with Gasteiger partial charge in [0.05, 0.1) is 17.8 Å². The average molecular weight is 461 g/mol. The Kier molecular flexibility index (Phi) is 6.13. The number of nitrogens with one attached hydrogen (secondary N) is 1. The van der Waals surface area contributed by atoms with Crippen molar-refractivity contribution in [2.45, 2.75) is 51.2 Å². The van der Waals surface area contributed by atoms with Gasteiger partial charge < -0.3 is 20.3 Å². The van der Waals surface area contributed by atoms with Crippen molar-refractivity contribution in [3.63, 3.8) is 0 Å². The zero-order chi connectivity index (χ0) is 23.0. The van der Waals surface area contributed by atoms with Crippen LogP contribution in [0, 0.1) is 5.92 Å². The van der Waals surface area contributed by atoms with E-state index in [9.17, 15) is 19.5 Å². The number of nitrogen functional groups attached to an aromatic ring is 1. The third kappa shape index (κ3) is 4.06. The van der Waals surface area contributed by atoms with Crippen molar-refractivity contribution >= 4 is 33.6 Å². The van der Waals surface area contributed by atoms with Gasteiger partial charge in [0.15, 0.2) is 5.65 Å². The van der Waals surface area contributed by atoms with Crippen LogP contribution in [-0.4, -0.2) is 43.9 Å². The minimum absolute atomic E-state index is 0.101. The van der Waals surface area contributed by atoms with Gasteiger partial charge in [0.2, 0.25) is 5.95 Å². The van der Waals surface area contributed by atoms with Gasteiger partial charge in [-0.1, -0.05) is 36.5 Å². The Morgan fingerprint density at radius 2 is 2.12 bits per heavy atom. The summed E-state index contributed by atoms with van der Waals surface area (Å²) >= 11 is 0.736. The van der Waals surface area contributed by atoms with E-state index < -0.39 is 46.9 Å². The fourth-order valence-electron chi connectivity index (χ4n) is 3.98. The molecular weight excluding hydrogens is 436 g/mol. The van der Waals surface area contributed by atoms with Crippen molar-refractivity contribution in [3.05, 3.63) is 55.9 Å². The molecule has 3 heterocycles. The van der Waals surface area contributed by atoms with Gasteiger partial charge >= 0.3 is 10.8 Å². The van der Waals surface area contributed by atoms with Crippen molar-refractivity contribution in [3.8, 4) is 0 Å². The highest BCUT2D eigenvalue weighted by atomic mass is 32.1. The summed E-state index contributed by atoms with van der Waals surface area (Å²) in [5.74, 6) is -1.10. The van der Waals surface area contributed by atoms with Crippen molar-refractivity contribution in [1.29, 1.82) is 0 Å². The number of hydrogen-bond donors (Lipinski definition) is 3. The molecule has 1 aliphatic heterocycles. The lowest BCUT2D eigenvalue weighted by Gasteiger charge is -2.25. The molecule has 0 amide bonds. The predicted octanol–water partition coefficient (Wildman–Crippen LogP) is 1.65. The maximum absolute atomic E-state index is 12.8. The van der Waals surface area contributed by atoms with Crippen LogP contribution in [0.3, 0.4) is 0 Å². The number of rotatable bonds is 6. The fourth-order valence-corrected chi connectivity index (χ4v) is 4.82. The normalized spacial score (nSPS) is 22.7. The molecule has 1 fully saturated rings. The molecule has 0 saturated carbocycles. The fraction of sp³-hybridized carbons (Fsp3) is 0.429. The second-order valence-corrected chi connectivity index (χ2v) is 8.72. The van der Waals surface area contributed by atoms with E-state index in [2.05, 4.69) is 9.97 Å². The van der Waals surface area contributed by atoms with Crippen LogP contribution in [0.1, 0.15) is 43.3 Å². The standard InChI is InChI=1S/C21H24N4O6S/c1-3-13(26)14-9-12(10(2)30-19(28)11-7-5-4-6-8-11)18(31-14)25-16-15(32-21(25)29)17(27)24-20(22)23-16/h4-8,10,12-14,18,26H,3,9H2,1-2H3,(H3,22,23,24,27)/t10-,12+,13+,14+,18-/m1/s1. The van der Waals surface area contributed by atoms with Crippen LogP contribution >= 0.6 is 11.3 Å². The minimum atomic E-state index is -0.894. The summed E-state index contributed by atoms with van der Waals surface area (Å²) in [4.78, 5) is 43.8. The number of carbonyl (C=O) groups excluding carboxylic acids is 1. The Morgan fingerprint density at radius 1 is 1.41 bits per heavy atom. The van der Waals surface area contributed by atoms with Crippen molar-refractivity contribution in [2.75, 3.05) is 5.73 Å². The first-order valence-corrected chi connectivity index (χ1v) is 11.1. The molecule has 10 nitrogen and oxygen atoms in total. The average Bonchev–Trinajstić information content (AvgIpc) is 3.34. The molecule has 0 unspecified atom stereocenters. The molecule has 4 rings (SSSR count). The van der Waals surface area contributed by atoms with Crippen LogP contribution in [0.4, 0.5) is 5.95 Å². The number of nitrogens with two attached hydrogens (primary N) is 1. The number of benzene rings is 1. The van der Waals surface area contributed by atoms with E-state index in [-0.39, 0.29) is 16.3 Å². The van der Waals surface area contributed by atoms with E-state index in [1.54, 1.807) is 37.3 Å². The third-order valence-corrected chi connectivity index (χ3v) is 6.63. The molecule has 0 spiro atoms. The number of fused-ring (bicyclic) bond motifs is 1. The van der Waals surface area contributed by atoms with Crippen molar-refractivity contribution < 1.29 is 19.4 Å². The zero-order valence-electron chi connectivity index (χ0n) is 17.6. The summed E-state index contributed by atoms with van der Waals surface area (Å²) in [6, 6.07) is 8.57. The van der Waals surface area contributed by atoms with Gasteiger partial charge in [0, 0.05) is 5.92 Å². The summed E-state index contributed by atoms with van der Waals surface area (Å²) in [7, 11) is 0. The minimum Gasteiger partial charge on any atom is -0.459 e. The van der Waals surface area contributed by atoms with Crippen LogP contribution < -0.4 is 16.2 Å². The maximum atomic E-state index is 12.8. The lowest BCUT2D eigenvalue weighted by molar-refractivity contribution is -0.0751. The Bertz CT molecular complexity index is 1240. The molecule has 11 heteroatoms. The van der Waals surface area contributed by atoms with E-state index in [1.807, 2.05) is 6.92 Å². The van der Waals surface area contributed by atoms with Crippen LogP contribution in [0.15, 0.2) is 39.9 Å². The first-order valence-electron chi connectivity index (χ1n) is 10.3. The number of thiazole rings is 1. The molecule has 5 atom stereocenters. The molecule has 1 aliphatic rings. The molecule has 170 valence electrons. The van der Waals surface area contributed by atoms with E-state index in [0.717, 1.165) is 11.3 Å². The number of nitrogens with zero attached hydrogens (tertiary/aromatic N) is 2. The number of aromatic amines is 1. The largest absolute Gasteiger partial charge is 0.459 e. The van der Waals surface area contributed by atoms with Crippen molar-refractivity contribution in [1.82, 2.24) is 14.5 Å². The Labute approximate surface area is 186 Å². The first kappa shape index (κ1) is 22.2. The van der Waals surface area contributed by atoms with Gasteiger partial charge in [-0.05, 0) is 31.9 Å². The predicted molar refractivity (Wildman–Crippen MR) is 119 cm³/mol. The number of H-pyrrole nitrogens is 1. The Hall–Kier alpha value is -3.02. The van der Waals surface area contributed by atoms with Crippen LogP contribution in [0.5, 0.6) is 0 Å². The highest BCUT2D eigenvalue weighted by Gasteiger charge is 2.44. The number of aliphatic hydroxyl groups is 1. The van der Waals surface area contributed by atoms with Gasteiger partial charge in [-0.3, -0.25) is 19.1 Å². The molecule has 0 aliphatic carbocycles. The molecule has 1 aromatic carbocycles. The second-order valence-electron chi connectivity index (χ2n) is 7.76. The third-order valence-electron chi connectivity index (χ3n) is 5.68. The molecule has 4 N–H and O–H groups in total. The van der Waals surface area contributed by atoms with E-state index in [0.29, 0.717) is 18.4 Å². The maximum Gasteiger partial charge on any atom is 0.338 e. The number of aromatic nitrogens is 3. The summed E-state index contributed by atoms with van der Waals surface area (Å²) in [6.07, 6.45) is -2.08. The molecule has 1 saturated heterocycles. The topological polar surface area (TPSA) is 150 Å². The molecule has 2 aromatic heterocycles. The lowest BCUT2D eigenvalue weighted by Crippen LogP contribution is -2.32. The number of aliphatic hydroxyl groups excluding tert-OH is 1. The van der Waals surface area contributed by atoms with E-state index in [4.69, 9.17) is 15.2 Å². The monoisotopic (exact) mass is 460 g/mol. The van der Waals surface area contributed by atoms with Crippen LogP contribution in [0.25, 0.3) is 10.3 Å². The van der Waals surface area contributed by atoms with E-state index in [1.165, 1.54) is 4.57 Å². The number of anilines is 1. The van der Waals surface area contributed by atoms with Gasteiger partial charge in [0.1, 0.15) is 17.0 Å². The molecule has 3 aromatic rings. The van der Waals surface area contributed by atoms with Crippen LogP contribution in [0.2, 0.25) is 0 Å². The van der Waals surface area contributed by atoms with Gasteiger partial charge in [-0.15, -0.1) is 0 Å². The number of carbonyl (C=O) groups is 1. The summed E-state index contributed by atoms with van der Waals surface area (Å²) in [5, 5.41) is 10.4. The van der Waals surface area contributed by atoms with Crippen LogP contribution in [-0.2, 0) is 9.47 Å². The number of esters is 1. The molecule has 0 radical (unpaired) electrons. The quantitative estimate of drug-likeness (QED) is 0.470. The van der Waals surface area contributed by atoms with Crippen molar-refractivity contribution in [2.24, 2.45) is 5.92 Å². The van der Waals surface area contributed by atoms with Gasteiger partial charge in [0.25, 0.3) is 5.56 Å². The van der Waals surface area contributed by atoms with Gasteiger partial charge in [-0.25, -0.2) is 4.79 Å². The summed E-state index contributed by atoms with van der Waals surface area (Å²) < 4.78 is 13.2. The lowest BCUT2D eigenvalue weighted by atomic mass is 9.95. The zero-order valence-corrected chi connectivity index (χ0v) is 18.4. The second kappa shape index (κ2) is 8.85. The Morgan fingerprint density at radius 3 is 2.81 bits per heavy atom. The Balaban J connectivity index is 1.71.